The van der Waals surface area contributed by atoms with E-state index in [0.29, 0.717) is 6.42 Å². The molecule has 0 aromatic carbocycles. The number of hydrogen-bond donors (Lipinski definition) is 2. The van der Waals surface area contributed by atoms with E-state index in [0.717, 1.165) is 25.7 Å². The highest BCUT2D eigenvalue weighted by Gasteiger charge is 2.16. The molecule has 0 aliphatic carbocycles. The summed E-state index contributed by atoms with van der Waals surface area (Å²) in [4.78, 5) is 17.3. The molecule has 0 amide bonds. The van der Waals surface area contributed by atoms with Crippen molar-refractivity contribution < 1.29 is 14.4 Å². The highest BCUT2D eigenvalue weighted by atomic mass is 31.2. The summed E-state index contributed by atoms with van der Waals surface area (Å²) >= 11 is 0. The summed E-state index contributed by atoms with van der Waals surface area (Å²) in [5, 5.41) is 0.0682. The molecule has 0 atom stereocenters. The second-order valence-electron chi connectivity index (χ2n) is 2.92. The first kappa shape index (κ1) is 11.9. The number of hydrogen-bond acceptors (Lipinski definition) is 1. The first-order valence-corrected chi connectivity index (χ1v) is 5.83. The smallest absolute Gasteiger partial charge is 0.321 e. The zero-order chi connectivity index (χ0) is 9.61. The lowest BCUT2D eigenvalue weighted by atomic mass is 10.1. The fourth-order valence-corrected chi connectivity index (χ4v) is 1.35. The van der Waals surface area contributed by atoms with Crippen LogP contribution in [-0.2, 0) is 4.57 Å². The molecular formula is C8H17O3P. The molecule has 12 heavy (non-hydrogen) atoms. The summed E-state index contributed by atoms with van der Waals surface area (Å²) < 4.78 is 10.6. The van der Waals surface area contributed by atoms with Gasteiger partial charge in [-0.15, -0.1) is 0 Å². The Labute approximate surface area is 73.7 Å². The lowest BCUT2D eigenvalue weighted by molar-refractivity contribution is 0.380. The van der Waals surface area contributed by atoms with Gasteiger partial charge in [-0.3, -0.25) is 4.57 Å². The molecule has 0 radical (unpaired) electrons. The van der Waals surface area contributed by atoms with Crippen LogP contribution in [0.3, 0.4) is 0 Å². The highest BCUT2D eigenvalue weighted by Crippen LogP contribution is 2.46. The lowest BCUT2D eigenvalue weighted by Gasteiger charge is -2.06. The Morgan fingerprint density at radius 1 is 1.33 bits per heavy atom. The van der Waals surface area contributed by atoms with Crippen LogP contribution in [-0.4, -0.2) is 9.79 Å². The molecule has 0 rings (SSSR count). The van der Waals surface area contributed by atoms with Gasteiger partial charge in [-0.25, -0.2) is 0 Å². The van der Waals surface area contributed by atoms with Crippen LogP contribution in [0.5, 0.6) is 0 Å². The lowest BCUT2D eigenvalue weighted by Crippen LogP contribution is -1.85. The van der Waals surface area contributed by atoms with Crippen LogP contribution < -0.4 is 0 Å². The van der Waals surface area contributed by atoms with Crippen LogP contribution in [0.15, 0.2) is 11.9 Å². The maximum atomic E-state index is 10.6. The third kappa shape index (κ3) is 5.53. The van der Waals surface area contributed by atoms with Gasteiger partial charge in [0.25, 0.3) is 0 Å². The molecule has 0 spiro atoms. The van der Waals surface area contributed by atoms with Crippen molar-refractivity contribution in [3.05, 3.63) is 11.9 Å². The fourth-order valence-electron chi connectivity index (χ4n) is 0.901. The first-order chi connectivity index (χ1) is 5.48. The van der Waals surface area contributed by atoms with Crippen molar-refractivity contribution in [1.29, 1.82) is 0 Å². The van der Waals surface area contributed by atoms with Crippen molar-refractivity contribution >= 4 is 7.60 Å². The molecule has 0 bridgehead atoms. The molecular weight excluding hydrogens is 175 g/mol. The maximum absolute atomic E-state index is 10.6. The Balaban J connectivity index is 3.52. The standard InChI is InChI=1S/C8H17O3P/c1-3-4-5-6-7-8(2)12(9,10)11/h2-7H2,1H3,(H2,9,10,11). The quantitative estimate of drug-likeness (QED) is 0.502. The number of rotatable bonds is 6. The van der Waals surface area contributed by atoms with Crippen molar-refractivity contribution in [3.8, 4) is 0 Å². The third-order valence-electron chi connectivity index (χ3n) is 1.73. The van der Waals surface area contributed by atoms with Gasteiger partial charge in [-0.2, -0.15) is 0 Å². The van der Waals surface area contributed by atoms with Crippen LogP contribution in [0.2, 0.25) is 0 Å². The van der Waals surface area contributed by atoms with Crippen molar-refractivity contribution in [2.24, 2.45) is 0 Å². The highest BCUT2D eigenvalue weighted by molar-refractivity contribution is 7.56. The van der Waals surface area contributed by atoms with Crippen molar-refractivity contribution in [1.82, 2.24) is 0 Å². The average Bonchev–Trinajstić information content (AvgIpc) is 1.96. The van der Waals surface area contributed by atoms with E-state index in [4.69, 9.17) is 9.79 Å². The third-order valence-corrected chi connectivity index (χ3v) is 2.78. The van der Waals surface area contributed by atoms with Crippen LogP contribution in [0, 0.1) is 0 Å². The van der Waals surface area contributed by atoms with Crippen molar-refractivity contribution in [2.45, 2.75) is 39.0 Å². The number of unbranched alkanes of at least 4 members (excludes halogenated alkanes) is 3. The Bertz CT molecular complexity index is 183. The minimum Gasteiger partial charge on any atom is -0.321 e. The summed E-state index contributed by atoms with van der Waals surface area (Å²) in [5.74, 6) is 0. The Morgan fingerprint density at radius 3 is 2.33 bits per heavy atom. The molecule has 3 nitrogen and oxygen atoms in total. The summed E-state index contributed by atoms with van der Waals surface area (Å²) in [6, 6.07) is 0. The van der Waals surface area contributed by atoms with Gasteiger partial charge in [-0.05, 0) is 12.8 Å². The SMILES string of the molecule is C=C(CCCCCC)P(=O)(O)O. The molecule has 0 fully saturated rings. The van der Waals surface area contributed by atoms with Crippen LogP contribution in [0.25, 0.3) is 0 Å². The van der Waals surface area contributed by atoms with Crippen LogP contribution in [0.1, 0.15) is 39.0 Å². The predicted octanol–water partition coefficient (Wildman–Crippen LogP) is 2.65. The minimum atomic E-state index is -4.00. The first-order valence-electron chi connectivity index (χ1n) is 4.22. The Hall–Kier alpha value is -0.110. The van der Waals surface area contributed by atoms with Gasteiger partial charge in [-0.1, -0.05) is 32.8 Å². The molecule has 0 saturated heterocycles. The number of allylic oxidation sites excluding steroid dienone is 1. The van der Waals surface area contributed by atoms with Gasteiger partial charge >= 0.3 is 7.60 Å². The monoisotopic (exact) mass is 192 g/mol. The Morgan fingerprint density at radius 2 is 1.92 bits per heavy atom. The zero-order valence-corrected chi connectivity index (χ0v) is 8.39. The van der Waals surface area contributed by atoms with Crippen molar-refractivity contribution in [2.75, 3.05) is 0 Å². The second-order valence-corrected chi connectivity index (χ2v) is 4.64. The summed E-state index contributed by atoms with van der Waals surface area (Å²) in [6.45, 7) is 5.46. The van der Waals surface area contributed by atoms with E-state index < -0.39 is 7.60 Å². The van der Waals surface area contributed by atoms with E-state index in [1.807, 2.05) is 0 Å². The summed E-state index contributed by atoms with van der Waals surface area (Å²) in [5.41, 5.74) is 0. The zero-order valence-electron chi connectivity index (χ0n) is 7.49. The van der Waals surface area contributed by atoms with E-state index in [1.54, 1.807) is 0 Å². The van der Waals surface area contributed by atoms with Gasteiger partial charge in [0.15, 0.2) is 0 Å². The molecule has 0 heterocycles. The van der Waals surface area contributed by atoms with Crippen LogP contribution in [0.4, 0.5) is 0 Å². The average molecular weight is 192 g/mol. The van der Waals surface area contributed by atoms with Gasteiger partial charge in [0.2, 0.25) is 0 Å². The minimum absolute atomic E-state index is 0.0682. The maximum Gasteiger partial charge on any atom is 0.351 e. The van der Waals surface area contributed by atoms with E-state index >= 15 is 0 Å². The molecule has 2 N–H and O–H groups in total. The normalized spacial score (nSPS) is 11.6. The topological polar surface area (TPSA) is 57.5 Å². The van der Waals surface area contributed by atoms with Gasteiger partial charge in [0.05, 0.1) is 0 Å². The molecule has 0 aromatic heterocycles. The van der Waals surface area contributed by atoms with Crippen molar-refractivity contribution in [3.63, 3.8) is 0 Å². The molecule has 0 aliphatic heterocycles. The molecule has 4 heteroatoms. The van der Waals surface area contributed by atoms with E-state index in [-0.39, 0.29) is 5.31 Å². The summed E-state index contributed by atoms with van der Waals surface area (Å²) in [7, 11) is -4.00. The van der Waals surface area contributed by atoms with Crippen LogP contribution >= 0.6 is 7.60 Å². The molecule has 0 unspecified atom stereocenters. The Kier molecular flexibility index (Phi) is 5.47. The molecule has 0 aromatic rings. The van der Waals surface area contributed by atoms with Gasteiger partial charge in [0, 0.05) is 5.31 Å². The summed E-state index contributed by atoms with van der Waals surface area (Å²) in [6.07, 6.45) is 4.55. The van der Waals surface area contributed by atoms with E-state index in [1.165, 1.54) is 0 Å². The van der Waals surface area contributed by atoms with E-state index in [2.05, 4.69) is 13.5 Å². The second kappa shape index (κ2) is 5.52. The van der Waals surface area contributed by atoms with Gasteiger partial charge < -0.3 is 9.79 Å². The van der Waals surface area contributed by atoms with Gasteiger partial charge in [0.1, 0.15) is 0 Å². The molecule has 72 valence electrons. The fraction of sp³-hybridized carbons (Fsp3) is 0.750. The molecule has 0 aliphatic rings. The predicted molar refractivity (Wildman–Crippen MR) is 49.9 cm³/mol. The van der Waals surface area contributed by atoms with E-state index in [9.17, 15) is 4.57 Å². The largest absolute Gasteiger partial charge is 0.351 e. The molecule has 0 saturated carbocycles.